The van der Waals surface area contributed by atoms with Crippen LogP contribution >= 0.6 is 15.9 Å². The van der Waals surface area contributed by atoms with Gasteiger partial charge >= 0.3 is 0 Å². The monoisotopic (exact) mass is 346 g/mol. The molecule has 0 spiro atoms. The van der Waals surface area contributed by atoms with Crippen molar-refractivity contribution in [1.29, 1.82) is 0 Å². The van der Waals surface area contributed by atoms with E-state index in [0.29, 0.717) is 31.7 Å². The average molecular weight is 347 g/mol. The number of benzene rings is 1. The van der Waals surface area contributed by atoms with E-state index in [1.807, 2.05) is 12.1 Å². The molecular weight excluding hydrogens is 332 g/mol. The Kier molecular flexibility index (Phi) is 4.27. The Balaban J connectivity index is 2.10. The quantitative estimate of drug-likeness (QED) is 0.775. The van der Waals surface area contributed by atoms with Crippen molar-refractivity contribution in [3.63, 3.8) is 0 Å². The van der Waals surface area contributed by atoms with Crippen LogP contribution in [0.5, 0.6) is 0 Å². The molecule has 1 aliphatic heterocycles. The van der Waals surface area contributed by atoms with E-state index in [-0.39, 0.29) is 0 Å². The van der Waals surface area contributed by atoms with Crippen molar-refractivity contribution in [3.05, 3.63) is 28.2 Å². The highest BCUT2D eigenvalue weighted by atomic mass is 79.9. The minimum Gasteiger partial charge on any atom is -0.369 e. The fourth-order valence-electron chi connectivity index (χ4n) is 2.09. The zero-order valence-corrected chi connectivity index (χ0v) is 12.9. The normalized spacial score (nSPS) is 17.5. The van der Waals surface area contributed by atoms with Crippen LogP contribution in [-0.4, -0.2) is 51.4 Å². The van der Waals surface area contributed by atoms with Gasteiger partial charge in [0.05, 0.1) is 6.26 Å². The van der Waals surface area contributed by atoms with Gasteiger partial charge in [0.1, 0.15) is 0 Å². The number of carbonyl (C=O) groups excluding carboxylic acids is 1. The number of nitrogens with zero attached hydrogens (tertiary/aromatic N) is 2. The van der Waals surface area contributed by atoms with Crippen LogP contribution in [0.3, 0.4) is 0 Å². The number of rotatable bonds is 3. The van der Waals surface area contributed by atoms with Crippen LogP contribution in [-0.2, 0) is 10.0 Å². The zero-order chi connectivity index (χ0) is 14.0. The molecule has 0 N–H and O–H groups in total. The summed E-state index contributed by atoms with van der Waals surface area (Å²) in [5.74, 6) is 0. The molecule has 1 heterocycles. The van der Waals surface area contributed by atoms with E-state index < -0.39 is 10.0 Å². The molecule has 2 rings (SSSR count). The number of aldehydes is 1. The van der Waals surface area contributed by atoms with Crippen molar-refractivity contribution in [1.82, 2.24) is 4.31 Å². The van der Waals surface area contributed by atoms with Crippen molar-refractivity contribution in [2.45, 2.75) is 0 Å². The molecular formula is C12H15BrN2O3S. The molecule has 1 aromatic carbocycles. The second-order valence-electron chi connectivity index (χ2n) is 4.47. The Labute approximate surface area is 121 Å². The molecule has 0 unspecified atom stereocenters. The van der Waals surface area contributed by atoms with Gasteiger partial charge in [0.2, 0.25) is 10.0 Å². The fraction of sp³-hybridized carbons (Fsp3) is 0.417. The van der Waals surface area contributed by atoms with Gasteiger partial charge in [-0.3, -0.25) is 4.79 Å². The third-order valence-corrected chi connectivity index (χ3v) is 5.17. The summed E-state index contributed by atoms with van der Waals surface area (Å²) in [6.45, 7) is 2.29. The van der Waals surface area contributed by atoms with Gasteiger partial charge in [-0.25, -0.2) is 8.42 Å². The maximum absolute atomic E-state index is 11.4. The van der Waals surface area contributed by atoms with Crippen LogP contribution in [0, 0.1) is 0 Å². The largest absolute Gasteiger partial charge is 0.369 e. The first-order valence-electron chi connectivity index (χ1n) is 5.86. The van der Waals surface area contributed by atoms with Crippen LogP contribution in [0.2, 0.25) is 0 Å². The molecule has 0 radical (unpaired) electrons. The van der Waals surface area contributed by atoms with Crippen LogP contribution in [0.1, 0.15) is 10.4 Å². The van der Waals surface area contributed by atoms with Gasteiger partial charge in [-0.1, -0.05) is 0 Å². The SMILES string of the molecule is CS(=O)(=O)N1CCN(c2ccc(C=O)c(Br)c2)CC1. The molecule has 1 aromatic rings. The van der Waals surface area contributed by atoms with Gasteiger partial charge in [0.15, 0.2) is 6.29 Å². The highest BCUT2D eigenvalue weighted by Crippen LogP contribution is 2.24. The molecule has 0 bridgehead atoms. The number of sulfonamides is 1. The Morgan fingerprint density at radius 3 is 2.32 bits per heavy atom. The number of anilines is 1. The molecule has 104 valence electrons. The first-order chi connectivity index (χ1) is 8.91. The van der Waals surface area contributed by atoms with Gasteiger partial charge in [-0.05, 0) is 34.1 Å². The highest BCUT2D eigenvalue weighted by molar-refractivity contribution is 9.10. The number of piperazine rings is 1. The third-order valence-electron chi connectivity index (χ3n) is 3.18. The molecule has 1 fully saturated rings. The maximum Gasteiger partial charge on any atom is 0.211 e. The fourth-order valence-corrected chi connectivity index (χ4v) is 3.37. The topological polar surface area (TPSA) is 57.7 Å². The third kappa shape index (κ3) is 3.34. The summed E-state index contributed by atoms with van der Waals surface area (Å²) in [6, 6.07) is 5.53. The maximum atomic E-state index is 11.4. The molecule has 0 amide bonds. The molecule has 19 heavy (non-hydrogen) atoms. The Morgan fingerprint density at radius 2 is 1.84 bits per heavy atom. The number of hydrogen-bond acceptors (Lipinski definition) is 4. The van der Waals surface area contributed by atoms with Crippen molar-refractivity contribution >= 4 is 37.9 Å². The van der Waals surface area contributed by atoms with Crippen LogP contribution < -0.4 is 4.90 Å². The van der Waals surface area contributed by atoms with Gasteiger partial charge in [-0.15, -0.1) is 0 Å². The molecule has 0 aliphatic carbocycles. The second-order valence-corrected chi connectivity index (χ2v) is 7.31. The summed E-state index contributed by atoms with van der Waals surface area (Å²) in [5.41, 5.74) is 1.60. The summed E-state index contributed by atoms with van der Waals surface area (Å²) >= 11 is 3.35. The lowest BCUT2D eigenvalue weighted by molar-refractivity contribution is 0.112. The lowest BCUT2D eigenvalue weighted by Crippen LogP contribution is -2.48. The van der Waals surface area contributed by atoms with Crippen LogP contribution in [0.4, 0.5) is 5.69 Å². The standard InChI is InChI=1S/C12H15BrN2O3S/c1-19(17,18)15-6-4-14(5-7-15)11-3-2-10(9-16)12(13)8-11/h2-3,8-9H,4-7H2,1H3. The van der Waals surface area contributed by atoms with E-state index in [0.717, 1.165) is 16.4 Å². The number of carbonyl (C=O) groups is 1. The minimum absolute atomic E-state index is 0.492. The first-order valence-corrected chi connectivity index (χ1v) is 8.51. The first kappa shape index (κ1) is 14.5. The van der Waals surface area contributed by atoms with E-state index in [9.17, 15) is 13.2 Å². The number of halogens is 1. The van der Waals surface area contributed by atoms with E-state index in [4.69, 9.17) is 0 Å². The van der Waals surface area contributed by atoms with E-state index in [1.165, 1.54) is 10.6 Å². The van der Waals surface area contributed by atoms with Gasteiger partial charge in [-0.2, -0.15) is 4.31 Å². The van der Waals surface area contributed by atoms with Gasteiger partial charge < -0.3 is 4.90 Å². The highest BCUT2D eigenvalue weighted by Gasteiger charge is 2.23. The molecule has 7 heteroatoms. The molecule has 5 nitrogen and oxygen atoms in total. The smallest absolute Gasteiger partial charge is 0.211 e. The lowest BCUT2D eigenvalue weighted by Gasteiger charge is -2.34. The van der Waals surface area contributed by atoms with E-state index >= 15 is 0 Å². The van der Waals surface area contributed by atoms with E-state index in [1.54, 1.807) is 6.07 Å². The Hall–Kier alpha value is -0.920. The summed E-state index contributed by atoms with van der Waals surface area (Å²) in [5, 5.41) is 0. The minimum atomic E-state index is -3.10. The van der Waals surface area contributed by atoms with Crippen molar-refractivity contribution in [2.24, 2.45) is 0 Å². The van der Waals surface area contributed by atoms with Gasteiger partial charge in [0, 0.05) is 41.9 Å². The summed E-state index contributed by atoms with van der Waals surface area (Å²) in [7, 11) is -3.10. The van der Waals surface area contributed by atoms with Gasteiger partial charge in [0.25, 0.3) is 0 Å². The summed E-state index contributed by atoms with van der Waals surface area (Å²) in [6.07, 6.45) is 2.04. The predicted molar refractivity (Wildman–Crippen MR) is 78.2 cm³/mol. The Bertz CT molecular complexity index is 581. The molecule has 1 aliphatic rings. The van der Waals surface area contributed by atoms with Crippen molar-refractivity contribution in [3.8, 4) is 0 Å². The Morgan fingerprint density at radius 1 is 1.21 bits per heavy atom. The molecule has 0 atom stereocenters. The summed E-state index contributed by atoms with van der Waals surface area (Å²) in [4.78, 5) is 12.9. The van der Waals surface area contributed by atoms with Crippen molar-refractivity contribution in [2.75, 3.05) is 37.3 Å². The average Bonchev–Trinajstić information content (AvgIpc) is 2.38. The zero-order valence-electron chi connectivity index (χ0n) is 10.5. The lowest BCUT2D eigenvalue weighted by atomic mass is 10.2. The predicted octanol–water partition coefficient (Wildman–Crippen LogP) is 1.34. The van der Waals surface area contributed by atoms with E-state index in [2.05, 4.69) is 20.8 Å². The second kappa shape index (κ2) is 5.60. The van der Waals surface area contributed by atoms with Crippen LogP contribution in [0.25, 0.3) is 0 Å². The molecule has 1 saturated heterocycles. The molecule has 0 aromatic heterocycles. The van der Waals surface area contributed by atoms with Crippen LogP contribution in [0.15, 0.2) is 22.7 Å². The summed E-state index contributed by atoms with van der Waals surface area (Å²) < 4.78 is 25.1. The number of hydrogen-bond donors (Lipinski definition) is 0. The molecule has 0 saturated carbocycles. The van der Waals surface area contributed by atoms with Crippen molar-refractivity contribution < 1.29 is 13.2 Å².